The number of fused-ring (bicyclic) bond motifs is 1. The minimum atomic E-state index is 0.0413. The lowest BCUT2D eigenvalue weighted by Crippen LogP contribution is -2.35. The molecule has 4 aromatic rings. The van der Waals surface area contributed by atoms with Gasteiger partial charge in [0, 0.05) is 53.9 Å². The van der Waals surface area contributed by atoms with Crippen LogP contribution in [0.15, 0.2) is 66.9 Å². The Morgan fingerprint density at radius 1 is 1.00 bits per heavy atom. The van der Waals surface area contributed by atoms with Gasteiger partial charge in [0.05, 0.1) is 11.3 Å². The quantitative estimate of drug-likeness (QED) is 0.451. The zero-order chi connectivity index (χ0) is 22.1. The first-order chi connectivity index (χ1) is 15.6. The fraction of sp³-hybridized carbons (Fsp3) is 0.231. The molecule has 32 heavy (non-hydrogen) atoms. The molecule has 5 rings (SSSR count). The first-order valence-electron chi connectivity index (χ1n) is 10.9. The fourth-order valence-electron chi connectivity index (χ4n) is 4.44. The van der Waals surface area contributed by atoms with Gasteiger partial charge >= 0.3 is 0 Å². The molecule has 6 heteroatoms. The van der Waals surface area contributed by atoms with Crippen LogP contribution in [-0.4, -0.2) is 47.0 Å². The second-order valence-corrected chi connectivity index (χ2v) is 8.63. The number of H-pyrrole nitrogens is 1. The van der Waals surface area contributed by atoms with Crippen LogP contribution in [0.1, 0.15) is 22.3 Å². The highest BCUT2D eigenvalue weighted by molar-refractivity contribution is 6.33. The third-order valence-corrected chi connectivity index (χ3v) is 6.40. The number of hydrogen-bond acceptors (Lipinski definition) is 3. The summed E-state index contributed by atoms with van der Waals surface area (Å²) in [6, 6.07) is 19.8. The Kier molecular flexibility index (Phi) is 5.58. The maximum absolute atomic E-state index is 13.9. The van der Waals surface area contributed by atoms with Crippen LogP contribution in [0.2, 0.25) is 5.02 Å². The molecule has 3 heterocycles. The second-order valence-electron chi connectivity index (χ2n) is 8.22. The molecule has 0 radical (unpaired) electrons. The van der Waals surface area contributed by atoms with Gasteiger partial charge in [0.1, 0.15) is 5.82 Å². The van der Waals surface area contributed by atoms with Crippen molar-refractivity contribution in [2.24, 2.45) is 0 Å². The molecular weight excluding hydrogens is 420 g/mol. The van der Waals surface area contributed by atoms with E-state index >= 15 is 0 Å². The van der Waals surface area contributed by atoms with Crippen molar-refractivity contribution in [2.45, 2.75) is 13.3 Å². The number of carbonyl (C=O) groups excluding carboxylic acids is 1. The number of aryl methyl sites for hydroxylation is 1. The van der Waals surface area contributed by atoms with Crippen molar-refractivity contribution in [3.8, 4) is 11.3 Å². The van der Waals surface area contributed by atoms with Crippen LogP contribution in [-0.2, 0) is 0 Å². The number of hydrogen-bond donors (Lipinski definition) is 1. The van der Waals surface area contributed by atoms with Crippen LogP contribution < -0.4 is 4.90 Å². The van der Waals surface area contributed by atoms with Crippen LogP contribution in [0.4, 0.5) is 5.82 Å². The van der Waals surface area contributed by atoms with Gasteiger partial charge in [-0.3, -0.25) is 4.79 Å². The first kappa shape index (κ1) is 20.6. The van der Waals surface area contributed by atoms with Crippen LogP contribution in [0.5, 0.6) is 0 Å². The number of anilines is 1. The molecule has 1 N–H and O–H groups in total. The van der Waals surface area contributed by atoms with E-state index < -0.39 is 0 Å². The van der Waals surface area contributed by atoms with E-state index in [1.807, 2.05) is 66.6 Å². The topological polar surface area (TPSA) is 52.2 Å². The largest absolute Gasteiger partial charge is 0.355 e. The molecule has 5 nitrogen and oxygen atoms in total. The summed E-state index contributed by atoms with van der Waals surface area (Å²) >= 11 is 6.53. The standard InChI is InChI=1S/C26H25ClN4O/c1-18-10-11-22-20(17-18)24(25(29-22)19-7-2-3-8-21(19)27)26(32)31-14-6-13-30(15-16-31)23-9-4-5-12-28-23/h2-5,7-12,17,29H,6,13-16H2,1H3. The van der Waals surface area contributed by atoms with Crippen molar-refractivity contribution >= 4 is 34.2 Å². The summed E-state index contributed by atoms with van der Waals surface area (Å²) in [5.41, 5.74) is 4.39. The van der Waals surface area contributed by atoms with E-state index in [9.17, 15) is 4.79 Å². The number of nitrogens with one attached hydrogen (secondary N) is 1. The molecule has 0 aliphatic carbocycles. The third-order valence-electron chi connectivity index (χ3n) is 6.07. The normalized spacial score (nSPS) is 14.6. The maximum Gasteiger partial charge on any atom is 0.256 e. The van der Waals surface area contributed by atoms with Crippen molar-refractivity contribution in [2.75, 3.05) is 31.1 Å². The number of pyridine rings is 1. The van der Waals surface area contributed by atoms with Gasteiger partial charge in [0.15, 0.2) is 0 Å². The molecular formula is C26H25ClN4O. The Labute approximate surface area is 192 Å². The molecule has 162 valence electrons. The number of aromatic nitrogens is 2. The Hall–Kier alpha value is -3.31. The van der Waals surface area contributed by atoms with Crippen molar-refractivity contribution in [3.05, 3.63) is 83.0 Å². The highest BCUT2D eigenvalue weighted by Crippen LogP contribution is 2.35. The van der Waals surface area contributed by atoms with Gasteiger partial charge in [-0.2, -0.15) is 0 Å². The highest BCUT2D eigenvalue weighted by Gasteiger charge is 2.27. The Balaban J connectivity index is 1.52. The molecule has 1 saturated heterocycles. The van der Waals surface area contributed by atoms with E-state index in [2.05, 4.69) is 27.0 Å². The molecule has 0 spiro atoms. The molecule has 0 bridgehead atoms. The second kappa shape index (κ2) is 8.67. The molecule has 2 aromatic carbocycles. The van der Waals surface area contributed by atoms with Gasteiger partial charge in [0.2, 0.25) is 0 Å². The van der Waals surface area contributed by atoms with Gasteiger partial charge in [-0.05, 0) is 43.7 Å². The van der Waals surface area contributed by atoms with Crippen LogP contribution >= 0.6 is 11.6 Å². The Morgan fingerprint density at radius 3 is 2.66 bits per heavy atom. The zero-order valence-electron chi connectivity index (χ0n) is 18.0. The number of halogens is 1. The monoisotopic (exact) mass is 444 g/mol. The lowest BCUT2D eigenvalue weighted by atomic mass is 10.0. The predicted molar refractivity (Wildman–Crippen MR) is 130 cm³/mol. The maximum atomic E-state index is 13.9. The summed E-state index contributed by atoms with van der Waals surface area (Å²) in [5, 5.41) is 1.57. The van der Waals surface area contributed by atoms with Crippen molar-refractivity contribution < 1.29 is 4.79 Å². The fourth-order valence-corrected chi connectivity index (χ4v) is 4.67. The summed E-state index contributed by atoms with van der Waals surface area (Å²) in [6.07, 6.45) is 2.71. The van der Waals surface area contributed by atoms with E-state index in [4.69, 9.17) is 11.6 Å². The molecule has 1 aliphatic rings. The van der Waals surface area contributed by atoms with Crippen LogP contribution in [0.25, 0.3) is 22.2 Å². The van der Waals surface area contributed by atoms with Gasteiger partial charge in [-0.25, -0.2) is 4.98 Å². The van der Waals surface area contributed by atoms with E-state index in [0.29, 0.717) is 23.7 Å². The van der Waals surface area contributed by atoms with Gasteiger partial charge < -0.3 is 14.8 Å². The summed E-state index contributed by atoms with van der Waals surface area (Å²) in [4.78, 5) is 26.1. The van der Waals surface area contributed by atoms with Gasteiger partial charge in [-0.15, -0.1) is 0 Å². The molecule has 0 unspecified atom stereocenters. The highest BCUT2D eigenvalue weighted by atomic mass is 35.5. The first-order valence-corrected chi connectivity index (χ1v) is 11.3. The minimum absolute atomic E-state index is 0.0413. The Morgan fingerprint density at radius 2 is 1.84 bits per heavy atom. The average Bonchev–Trinajstić information content (AvgIpc) is 3.00. The number of amides is 1. The number of carbonyl (C=O) groups is 1. The number of aromatic amines is 1. The number of benzene rings is 2. The number of nitrogens with zero attached hydrogens (tertiary/aromatic N) is 3. The average molecular weight is 445 g/mol. The zero-order valence-corrected chi connectivity index (χ0v) is 18.8. The van der Waals surface area contributed by atoms with E-state index in [1.165, 1.54) is 0 Å². The lowest BCUT2D eigenvalue weighted by Gasteiger charge is -2.23. The SMILES string of the molecule is Cc1ccc2[nH]c(-c3ccccc3Cl)c(C(=O)N3CCCN(c4ccccn4)CC3)c2c1. The smallest absolute Gasteiger partial charge is 0.256 e. The number of rotatable bonds is 3. The molecule has 1 aliphatic heterocycles. The predicted octanol–water partition coefficient (Wildman–Crippen LogP) is 5.54. The minimum Gasteiger partial charge on any atom is -0.355 e. The summed E-state index contributed by atoms with van der Waals surface area (Å²) in [5.74, 6) is 1.00. The molecule has 1 amide bonds. The van der Waals surface area contributed by atoms with Crippen molar-refractivity contribution in [1.82, 2.24) is 14.9 Å². The van der Waals surface area contributed by atoms with Crippen LogP contribution in [0.3, 0.4) is 0 Å². The molecule has 0 saturated carbocycles. The third kappa shape index (κ3) is 3.84. The van der Waals surface area contributed by atoms with Gasteiger partial charge in [-0.1, -0.05) is 47.5 Å². The summed E-state index contributed by atoms with van der Waals surface area (Å²) < 4.78 is 0. The summed E-state index contributed by atoms with van der Waals surface area (Å²) in [7, 11) is 0. The molecule has 0 atom stereocenters. The molecule has 2 aromatic heterocycles. The van der Waals surface area contributed by atoms with Crippen LogP contribution in [0, 0.1) is 6.92 Å². The van der Waals surface area contributed by atoms with E-state index in [-0.39, 0.29) is 5.91 Å². The van der Waals surface area contributed by atoms with Gasteiger partial charge in [0.25, 0.3) is 5.91 Å². The van der Waals surface area contributed by atoms with E-state index in [1.54, 1.807) is 0 Å². The summed E-state index contributed by atoms with van der Waals surface area (Å²) in [6.45, 7) is 5.04. The lowest BCUT2D eigenvalue weighted by molar-refractivity contribution is 0.0770. The van der Waals surface area contributed by atoms with Crippen molar-refractivity contribution in [3.63, 3.8) is 0 Å². The molecule has 1 fully saturated rings. The van der Waals surface area contributed by atoms with Crippen molar-refractivity contribution in [1.29, 1.82) is 0 Å². The Bertz CT molecular complexity index is 1270. The van der Waals surface area contributed by atoms with E-state index in [0.717, 1.165) is 53.1 Å².